The van der Waals surface area contributed by atoms with E-state index >= 15 is 0 Å². The molecule has 0 spiro atoms. The number of hydrogen-bond donors (Lipinski definition) is 2. The molecule has 5 heteroatoms. The summed E-state index contributed by atoms with van der Waals surface area (Å²) in [5.74, 6) is -1.40. The number of hydrogen-bond acceptors (Lipinski definition) is 3. The van der Waals surface area contributed by atoms with Gasteiger partial charge in [0.15, 0.2) is 0 Å². The minimum absolute atomic E-state index is 0.137. The highest BCUT2D eigenvalue weighted by Gasteiger charge is 2.14. The molecule has 0 fully saturated rings. The topological polar surface area (TPSA) is 72.5 Å². The number of aromatic carboxylic acids is 1. The average molecular weight is 255 g/mol. The average Bonchev–Trinajstić information content (AvgIpc) is 2.27. The summed E-state index contributed by atoms with van der Waals surface area (Å²) in [4.78, 5) is 10.7. The Morgan fingerprint density at radius 2 is 2.17 bits per heavy atom. The number of halogens is 1. The molecule has 4 nitrogen and oxygen atoms in total. The summed E-state index contributed by atoms with van der Waals surface area (Å²) in [5, 5.41) is 8.72. The van der Waals surface area contributed by atoms with Crippen LogP contribution in [0.15, 0.2) is 12.1 Å². The number of carboxylic acids is 1. The predicted molar refractivity (Wildman–Crippen MR) is 67.3 cm³/mol. The fourth-order valence-corrected chi connectivity index (χ4v) is 1.53. The van der Waals surface area contributed by atoms with Gasteiger partial charge >= 0.3 is 5.97 Å². The molecule has 0 amide bonds. The minimum Gasteiger partial charge on any atom is -0.491 e. The number of carboxylic acid groups (broad SMARTS) is 1. The van der Waals surface area contributed by atoms with Crippen molar-refractivity contribution in [3.8, 4) is 5.75 Å². The van der Waals surface area contributed by atoms with Gasteiger partial charge in [0.05, 0.1) is 17.9 Å². The minimum atomic E-state index is -1.34. The zero-order valence-electron chi connectivity index (χ0n) is 10.6. The van der Waals surface area contributed by atoms with Crippen molar-refractivity contribution in [3.63, 3.8) is 0 Å². The molecule has 3 N–H and O–H groups in total. The third kappa shape index (κ3) is 3.91. The molecule has 0 saturated carbocycles. The number of ether oxygens (including phenoxy) is 1. The van der Waals surface area contributed by atoms with Gasteiger partial charge in [0, 0.05) is 6.07 Å². The zero-order chi connectivity index (χ0) is 13.7. The number of nitrogens with two attached hydrogens (primary N) is 1. The molecule has 1 aromatic carbocycles. The van der Waals surface area contributed by atoms with E-state index < -0.39 is 17.3 Å². The smallest absolute Gasteiger partial charge is 0.338 e. The molecule has 0 heterocycles. The molecule has 0 bridgehead atoms. The normalized spacial score (nSPS) is 10.7. The van der Waals surface area contributed by atoms with Crippen LogP contribution >= 0.6 is 0 Å². The standard InChI is InChI=1S/C13H18FNO3/c1-8(2)4-3-5-18-12-7-10(14)9(13(16)17)6-11(12)15/h6-8H,3-5,15H2,1-2H3,(H,16,17). The molecule has 0 aromatic heterocycles. The lowest BCUT2D eigenvalue weighted by molar-refractivity contribution is 0.0692. The number of anilines is 1. The Kier molecular flexibility index (Phi) is 4.95. The fraction of sp³-hybridized carbons (Fsp3) is 0.462. The molecule has 0 aliphatic heterocycles. The maximum Gasteiger partial charge on any atom is 0.338 e. The van der Waals surface area contributed by atoms with Crippen molar-refractivity contribution in [3.05, 3.63) is 23.5 Å². The predicted octanol–water partition coefficient (Wildman–Crippen LogP) is 2.92. The number of benzene rings is 1. The summed E-state index contributed by atoms with van der Waals surface area (Å²) < 4.78 is 18.7. The van der Waals surface area contributed by atoms with Gasteiger partial charge in [-0.15, -0.1) is 0 Å². The van der Waals surface area contributed by atoms with Crippen molar-refractivity contribution in [1.29, 1.82) is 0 Å². The van der Waals surface area contributed by atoms with Crippen molar-refractivity contribution in [2.24, 2.45) is 5.92 Å². The first kappa shape index (κ1) is 14.3. The van der Waals surface area contributed by atoms with E-state index in [9.17, 15) is 9.18 Å². The summed E-state index contributed by atoms with van der Waals surface area (Å²) in [7, 11) is 0. The van der Waals surface area contributed by atoms with Crippen LogP contribution in [0.4, 0.5) is 10.1 Å². The van der Waals surface area contributed by atoms with E-state index in [4.69, 9.17) is 15.6 Å². The molecule has 0 saturated heterocycles. The molecule has 18 heavy (non-hydrogen) atoms. The monoisotopic (exact) mass is 255 g/mol. The molecule has 0 aliphatic carbocycles. The van der Waals surface area contributed by atoms with Crippen LogP contribution in [0.25, 0.3) is 0 Å². The van der Waals surface area contributed by atoms with Crippen LogP contribution in [0.5, 0.6) is 5.75 Å². The lowest BCUT2D eigenvalue weighted by Gasteiger charge is -2.11. The zero-order valence-corrected chi connectivity index (χ0v) is 10.6. The van der Waals surface area contributed by atoms with Crippen LogP contribution in [-0.4, -0.2) is 17.7 Å². The number of carbonyl (C=O) groups is 1. The van der Waals surface area contributed by atoms with Gasteiger partial charge in [-0.1, -0.05) is 13.8 Å². The molecule has 0 atom stereocenters. The van der Waals surface area contributed by atoms with Crippen LogP contribution in [-0.2, 0) is 0 Å². The van der Waals surface area contributed by atoms with E-state index in [1.165, 1.54) is 0 Å². The maximum absolute atomic E-state index is 13.4. The SMILES string of the molecule is CC(C)CCCOc1cc(F)c(C(=O)O)cc1N. The second-order valence-corrected chi connectivity index (χ2v) is 4.56. The van der Waals surface area contributed by atoms with Crippen LogP contribution in [0.3, 0.4) is 0 Å². The third-order valence-electron chi connectivity index (χ3n) is 2.51. The van der Waals surface area contributed by atoms with Crippen LogP contribution in [0.1, 0.15) is 37.0 Å². The molecule has 1 aromatic rings. The highest BCUT2D eigenvalue weighted by atomic mass is 19.1. The Labute approximate surface area is 106 Å². The van der Waals surface area contributed by atoms with E-state index in [2.05, 4.69) is 13.8 Å². The highest BCUT2D eigenvalue weighted by Crippen LogP contribution is 2.25. The summed E-state index contributed by atoms with van der Waals surface area (Å²) in [6.07, 6.45) is 1.86. The van der Waals surface area contributed by atoms with Crippen molar-refractivity contribution < 1.29 is 19.0 Å². The lowest BCUT2D eigenvalue weighted by atomic mass is 10.1. The van der Waals surface area contributed by atoms with Crippen LogP contribution < -0.4 is 10.5 Å². The summed E-state index contributed by atoms with van der Waals surface area (Å²) >= 11 is 0. The second-order valence-electron chi connectivity index (χ2n) is 4.56. The summed E-state index contributed by atoms with van der Waals surface area (Å²) in [6, 6.07) is 2.10. The van der Waals surface area contributed by atoms with E-state index in [0.717, 1.165) is 25.0 Å². The van der Waals surface area contributed by atoms with Gasteiger partial charge in [0.2, 0.25) is 0 Å². The molecule has 100 valence electrons. The molecule has 0 aliphatic rings. The Morgan fingerprint density at radius 1 is 1.50 bits per heavy atom. The van der Waals surface area contributed by atoms with Crippen LogP contribution in [0.2, 0.25) is 0 Å². The maximum atomic E-state index is 13.4. The van der Waals surface area contributed by atoms with Gasteiger partial charge in [-0.3, -0.25) is 0 Å². The lowest BCUT2D eigenvalue weighted by Crippen LogP contribution is -2.06. The Hall–Kier alpha value is -1.78. The number of nitrogen functional groups attached to an aromatic ring is 1. The van der Waals surface area contributed by atoms with Gasteiger partial charge in [-0.2, -0.15) is 0 Å². The molecule has 0 unspecified atom stereocenters. The largest absolute Gasteiger partial charge is 0.491 e. The Balaban J connectivity index is 2.67. The second kappa shape index (κ2) is 6.23. The summed E-state index contributed by atoms with van der Waals surface area (Å²) in [5.41, 5.74) is 5.31. The highest BCUT2D eigenvalue weighted by molar-refractivity contribution is 5.89. The molecule has 1 rings (SSSR count). The quantitative estimate of drug-likeness (QED) is 0.605. The van der Waals surface area contributed by atoms with Crippen molar-refractivity contribution in [1.82, 2.24) is 0 Å². The van der Waals surface area contributed by atoms with Crippen molar-refractivity contribution in [2.45, 2.75) is 26.7 Å². The van der Waals surface area contributed by atoms with Gasteiger partial charge in [0.1, 0.15) is 11.6 Å². The molecule has 0 radical (unpaired) electrons. The van der Waals surface area contributed by atoms with Gasteiger partial charge in [0.25, 0.3) is 0 Å². The first-order valence-corrected chi connectivity index (χ1v) is 5.87. The first-order chi connectivity index (χ1) is 8.41. The van der Waals surface area contributed by atoms with E-state index in [1.807, 2.05) is 0 Å². The van der Waals surface area contributed by atoms with Crippen molar-refractivity contribution >= 4 is 11.7 Å². The molecular weight excluding hydrogens is 237 g/mol. The fourth-order valence-electron chi connectivity index (χ4n) is 1.53. The van der Waals surface area contributed by atoms with E-state index in [1.54, 1.807) is 0 Å². The van der Waals surface area contributed by atoms with E-state index in [0.29, 0.717) is 12.5 Å². The summed E-state index contributed by atoms with van der Waals surface area (Å²) in [6.45, 7) is 4.65. The molecular formula is C13H18FNO3. The first-order valence-electron chi connectivity index (χ1n) is 5.87. The van der Waals surface area contributed by atoms with Crippen molar-refractivity contribution in [2.75, 3.05) is 12.3 Å². The van der Waals surface area contributed by atoms with Crippen LogP contribution in [0, 0.1) is 11.7 Å². The Bertz CT molecular complexity index is 432. The number of rotatable bonds is 6. The Morgan fingerprint density at radius 3 is 2.72 bits per heavy atom. The van der Waals surface area contributed by atoms with Gasteiger partial charge in [-0.05, 0) is 24.8 Å². The van der Waals surface area contributed by atoms with E-state index in [-0.39, 0.29) is 11.4 Å². The van der Waals surface area contributed by atoms with Gasteiger partial charge < -0.3 is 15.6 Å². The third-order valence-corrected chi connectivity index (χ3v) is 2.51. The van der Waals surface area contributed by atoms with Gasteiger partial charge in [-0.25, -0.2) is 9.18 Å².